The number of anilines is 3. The average molecular weight is 568 g/mol. The molecule has 3 aromatic rings. The standard InChI is InChI=1S/C27H33N7O5S/c1-32-12-14-33(15-13-32)23-8-9-24(38-2)21-10-11-34(17-22(21)23)27(35)30-19-4-6-20(7-5-19)40(36,37)31-25-16-26(39-3)29-18-28-25/h4-9,16,18H,10-15,17H2,1-3H3,(H,30,35)(H,28,29,31). The lowest BCUT2D eigenvalue weighted by atomic mass is 9.96. The number of hydrogen-bond donors (Lipinski definition) is 2. The van der Waals surface area contributed by atoms with Gasteiger partial charge in [0.15, 0.2) is 0 Å². The van der Waals surface area contributed by atoms with Gasteiger partial charge in [-0.3, -0.25) is 4.72 Å². The Morgan fingerprint density at radius 1 is 0.925 bits per heavy atom. The van der Waals surface area contributed by atoms with Gasteiger partial charge < -0.3 is 29.5 Å². The summed E-state index contributed by atoms with van der Waals surface area (Å²) < 4.78 is 38.7. The molecule has 0 saturated carbocycles. The number of sulfonamides is 1. The number of piperazine rings is 1. The molecule has 0 bridgehead atoms. The van der Waals surface area contributed by atoms with Gasteiger partial charge in [0.1, 0.15) is 17.9 Å². The van der Waals surface area contributed by atoms with Crippen LogP contribution >= 0.6 is 0 Å². The number of aromatic nitrogens is 2. The Balaban J connectivity index is 1.28. The van der Waals surface area contributed by atoms with Crippen LogP contribution < -0.4 is 24.4 Å². The number of rotatable bonds is 7. The molecule has 2 aromatic carbocycles. The Hall–Kier alpha value is -4.10. The normalized spacial score (nSPS) is 15.8. The smallest absolute Gasteiger partial charge is 0.322 e. The summed E-state index contributed by atoms with van der Waals surface area (Å²) >= 11 is 0. The molecule has 12 nitrogen and oxygen atoms in total. The summed E-state index contributed by atoms with van der Waals surface area (Å²) in [6.07, 6.45) is 1.89. The number of ether oxygens (including phenoxy) is 2. The second-order valence-corrected chi connectivity index (χ2v) is 11.4. The van der Waals surface area contributed by atoms with E-state index in [1.807, 2.05) is 6.07 Å². The molecule has 0 radical (unpaired) electrons. The first-order chi connectivity index (χ1) is 19.3. The number of nitrogens with one attached hydrogen (secondary N) is 2. The van der Waals surface area contributed by atoms with E-state index in [4.69, 9.17) is 9.47 Å². The molecule has 1 fully saturated rings. The number of amides is 2. The Bertz CT molecular complexity index is 1480. The molecular formula is C27H33N7O5S. The zero-order valence-electron chi connectivity index (χ0n) is 22.8. The fraction of sp³-hybridized carbons (Fsp3) is 0.370. The van der Waals surface area contributed by atoms with Crippen LogP contribution in [0.15, 0.2) is 53.7 Å². The maximum Gasteiger partial charge on any atom is 0.322 e. The molecule has 2 aliphatic rings. The van der Waals surface area contributed by atoms with E-state index in [1.54, 1.807) is 24.1 Å². The van der Waals surface area contributed by atoms with E-state index < -0.39 is 10.0 Å². The fourth-order valence-corrected chi connectivity index (χ4v) is 5.96. The lowest BCUT2D eigenvalue weighted by molar-refractivity contribution is 0.206. The van der Waals surface area contributed by atoms with Crippen molar-refractivity contribution in [3.63, 3.8) is 0 Å². The van der Waals surface area contributed by atoms with Gasteiger partial charge in [0.05, 0.1) is 19.1 Å². The van der Waals surface area contributed by atoms with Crippen molar-refractivity contribution < 1.29 is 22.7 Å². The molecule has 13 heteroatoms. The fourth-order valence-electron chi connectivity index (χ4n) is 4.96. The van der Waals surface area contributed by atoms with Gasteiger partial charge in [-0.05, 0) is 49.9 Å². The van der Waals surface area contributed by atoms with Crippen molar-refractivity contribution in [1.29, 1.82) is 0 Å². The lowest BCUT2D eigenvalue weighted by Crippen LogP contribution is -2.46. The first kappa shape index (κ1) is 27.5. The highest BCUT2D eigenvalue weighted by molar-refractivity contribution is 7.92. The van der Waals surface area contributed by atoms with Gasteiger partial charge in [0, 0.05) is 67.8 Å². The van der Waals surface area contributed by atoms with E-state index in [-0.39, 0.29) is 22.6 Å². The molecule has 2 aliphatic heterocycles. The molecule has 5 rings (SSSR count). The number of nitrogens with zero attached hydrogens (tertiary/aromatic N) is 5. The van der Waals surface area contributed by atoms with Gasteiger partial charge in [0.2, 0.25) is 5.88 Å². The molecule has 1 saturated heterocycles. The van der Waals surface area contributed by atoms with Crippen LogP contribution in [0.5, 0.6) is 11.6 Å². The van der Waals surface area contributed by atoms with Crippen molar-refractivity contribution in [2.45, 2.75) is 17.9 Å². The minimum atomic E-state index is -3.90. The summed E-state index contributed by atoms with van der Waals surface area (Å²) in [6.45, 7) is 4.82. The van der Waals surface area contributed by atoms with Crippen molar-refractivity contribution in [1.82, 2.24) is 19.8 Å². The van der Waals surface area contributed by atoms with E-state index >= 15 is 0 Å². The largest absolute Gasteiger partial charge is 0.496 e. The van der Waals surface area contributed by atoms with Crippen LogP contribution in [-0.2, 0) is 23.0 Å². The SMILES string of the molecule is COc1cc(NS(=O)(=O)c2ccc(NC(=O)N3CCc4c(OC)ccc(N5CCN(C)CC5)c4C3)cc2)ncn1. The second-order valence-electron chi connectivity index (χ2n) is 9.71. The molecule has 0 unspecified atom stereocenters. The van der Waals surface area contributed by atoms with Crippen molar-refractivity contribution in [3.8, 4) is 11.6 Å². The second kappa shape index (κ2) is 11.6. The van der Waals surface area contributed by atoms with E-state index in [0.29, 0.717) is 25.2 Å². The Morgan fingerprint density at radius 3 is 2.38 bits per heavy atom. The molecular weight excluding hydrogens is 534 g/mol. The van der Waals surface area contributed by atoms with Gasteiger partial charge in [-0.25, -0.2) is 23.2 Å². The number of urea groups is 1. The van der Waals surface area contributed by atoms with Crippen molar-refractivity contribution >= 4 is 33.2 Å². The third-order valence-corrected chi connectivity index (χ3v) is 8.57. The van der Waals surface area contributed by atoms with E-state index in [9.17, 15) is 13.2 Å². The number of benzene rings is 2. The highest BCUT2D eigenvalue weighted by atomic mass is 32.2. The summed E-state index contributed by atoms with van der Waals surface area (Å²) in [7, 11) is 1.33. The first-order valence-electron chi connectivity index (χ1n) is 12.9. The van der Waals surface area contributed by atoms with E-state index in [0.717, 1.165) is 48.7 Å². The summed E-state index contributed by atoms with van der Waals surface area (Å²) in [5.41, 5.74) is 3.89. The molecule has 1 aromatic heterocycles. The van der Waals surface area contributed by atoms with Crippen LogP contribution in [0.4, 0.5) is 22.0 Å². The monoisotopic (exact) mass is 567 g/mol. The summed E-state index contributed by atoms with van der Waals surface area (Å²) in [6, 6.07) is 11.2. The first-order valence-corrected chi connectivity index (χ1v) is 14.4. The van der Waals surface area contributed by atoms with Crippen LogP contribution in [0, 0.1) is 0 Å². The van der Waals surface area contributed by atoms with Crippen molar-refractivity contribution in [3.05, 3.63) is 59.9 Å². The number of fused-ring (bicyclic) bond motifs is 1. The number of hydrogen-bond acceptors (Lipinski definition) is 9. The number of carbonyl (C=O) groups is 1. The molecule has 2 N–H and O–H groups in total. The third kappa shape index (κ3) is 5.89. The van der Waals surface area contributed by atoms with Crippen molar-refractivity contribution in [2.75, 3.05) is 68.9 Å². The summed E-state index contributed by atoms with van der Waals surface area (Å²) in [5.74, 6) is 1.17. The van der Waals surface area contributed by atoms with Gasteiger partial charge >= 0.3 is 6.03 Å². The van der Waals surface area contributed by atoms with E-state index in [2.05, 4.69) is 42.9 Å². The zero-order valence-corrected chi connectivity index (χ0v) is 23.6. The van der Waals surface area contributed by atoms with Crippen molar-refractivity contribution in [2.24, 2.45) is 0 Å². The van der Waals surface area contributed by atoms with Crippen LogP contribution in [0.1, 0.15) is 11.1 Å². The molecule has 40 heavy (non-hydrogen) atoms. The van der Waals surface area contributed by atoms with Gasteiger partial charge in [-0.1, -0.05) is 0 Å². The highest BCUT2D eigenvalue weighted by Crippen LogP contribution is 2.36. The summed E-state index contributed by atoms with van der Waals surface area (Å²) in [4.78, 5) is 27.5. The number of methoxy groups -OCH3 is 2. The Morgan fingerprint density at radius 2 is 1.68 bits per heavy atom. The minimum Gasteiger partial charge on any atom is -0.496 e. The predicted octanol–water partition coefficient (Wildman–Crippen LogP) is 2.64. The quantitative estimate of drug-likeness (QED) is 0.443. The lowest BCUT2D eigenvalue weighted by Gasteiger charge is -2.38. The molecule has 2 amide bonds. The maximum absolute atomic E-state index is 13.3. The molecule has 3 heterocycles. The molecule has 212 valence electrons. The Labute approximate surface area is 234 Å². The minimum absolute atomic E-state index is 0.0268. The topological polar surface area (TPSA) is 129 Å². The van der Waals surface area contributed by atoms with E-state index in [1.165, 1.54) is 31.6 Å². The average Bonchev–Trinajstić information content (AvgIpc) is 2.97. The van der Waals surface area contributed by atoms with Gasteiger partial charge in [-0.15, -0.1) is 0 Å². The third-order valence-electron chi connectivity index (χ3n) is 7.20. The number of carbonyl (C=O) groups excluding carboxylic acids is 1. The number of likely N-dealkylation sites (N-methyl/N-ethyl adjacent to an activating group) is 1. The molecule has 0 atom stereocenters. The van der Waals surface area contributed by atoms with Crippen LogP contribution in [0.25, 0.3) is 0 Å². The molecule has 0 aliphatic carbocycles. The van der Waals surface area contributed by atoms with Crippen LogP contribution in [-0.4, -0.2) is 88.2 Å². The zero-order chi connectivity index (χ0) is 28.3. The highest BCUT2D eigenvalue weighted by Gasteiger charge is 2.28. The molecule has 0 spiro atoms. The van der Waals surface area contributed by atoms with Gasteiger partial charge in [-0.2, -0.15) is 0 Å². The Kier molecular flexibility index (Phi) is 7.94. The maximum atomic E-state index is 13.3. The van der Waals surface area contributed by atoms with Crippen LogP contribution in [0.3, 0.4) is 0 Å². The predicted molar refractivity (Wildman–Crippen MR) is 152 cm³/mol. The van der Waals surface area contributed by atoms with Gasteiger partial charge in [0.25, 0.3) is 10.0 Å². The van der Waals surface area contributed by atoms with Crippen LogP contribution in [0.2, 0.25) is 0 Å². The summed E-state index contributed by atoms with van der Waals surface area (Å²) in [5, 5.41) is 2.90.